The van der Waals surface area contributed by atoms with Crippen molar-refractivity contribution < 1.29 is 27.9 Å². The van der Waals surface area contributed by atoms with E-state index in [9.17, 15) is 27.9 Å². The van der Waals surface area contributed by atoms with Crippen molar-refractivity contribution in [2.45, 2.75) is 25.4 Å². The summed E-state index contributed by atoms with van der Waals surface area (Å²) in [6.07, 6.45) is -4.76. The summed E-state index contributed by atoms with van der Waals surface area (Å²) in [4.78, 5) is 21.5. The van der Waals surface area contributed by atoms with Crippen LogP contribution in [0.3, 0.4) is 0 Å². The van der Waals surface area contributed by atoms with E-state index >= 15 is 0 Å². The number of rotatable bonds is 5. The molecule has 0 fully saturated rings. The largest absolute Gasteiger partial charge is 0.550 e. The maximum absolute atomic E-state index is 12.4. The third-order valence-corrected chi connectivity index (χ3v) is 2.26. The van der Waals surface area contributed by atoms with Gasteiger partial charge in [0, 0.05) is 18.1 Å². The van der Waals surface area contributed by atoms with Crippen LogP contribution in [0.2, 0.25) is 0 Å². The average molecular weight is 274 g/mol. The minimum Gasteiger partial charge on any atom is -0.550 e. The number of hydrogen-bond donors (Lipinski definition) is 1. The lowest BCUT2D eigenvalue weighted by molar-refractivity contribution is -0.305. The molecule has 1 aromatic carbocycles. The second kappa shape index (κ2) is 6.21. The van der Waals surface area contributed by atoms with Crippen molar-refractivity contribution in [2.24, 2.45) is 0 Å². The van der Waals surface area contributed by atoms with Gasteiger partial charge in [0.25, 0.3) is 0 Å². The van der Waals surface area contributed by atoms with Crippen molar-refractivity contribution in [1.29, 1.82) is 0 Å². The van der Waals surface area contributed by atoms with E-state index in [0.29, 0.717) is 0 Å². The molecule has 0 aromatic heterocycles. The fraction of sp³-hybridized carbons (Fsp3) is 0.333. The normalized spacial score (nSPS) is 11.1. The van der Waals surface area contributed by atoms with Crippen LogP contribution in [0.1, 0.15) is 24.8 Å². The molecule has 1 amide bonds. The molecular weight excluding hydrogens is 263 g/mol. The first kappa shape index (κ1) is 15.0. The van der Waals surface area contributed by atoms with E-state index in [4.69, 9.17) is 0 Å². The molecule has 0 unspecified atom stereocenters. The summed E-state index contributed by atoms with van der Waals surface area (Å²) >= 11 is 0. The summed E-state index contributed by atoms with van der Waals surface area (Å²) in [5.41, 5.74) is -0.840. The van der Waals surface area contributed by atoms with Crippen LogP contribution in [0.4, 0.5) is 18.9 Å². The summed E-state index contributed by atoms with van der Waals surface area (Å²) in [7, 11) is 0. The van der Waals surface area contributed by atoms with E-state index in [2.05, 4.69) is 5.32 Å². The molecular formula is C12H11F3NO3-. The van der Waals surface area contributed by atoms with Crippen molar-refractivity contribution in [3.63, 3.8) is 0 Å². The molecule has 1 aromatic rings. The number of aliphatic carboxylic acids is 1. The van der Waals surface area contributed by atoms with E-state index in [0.717, 1.165) is 12.1 Å². The summed E-state index contributed by atoms with van der Waals surface area (Å²) in [6.45, 7) is 0. The summed E-state index contributed by atoms with van der Waals surface area (Å²) in [5.74, 6) is -1.81. The highest BCUT2D eigenvalue weighted by Gasteiger charge is 2.30. The third kappa shape index (κ3) is 5.41. The number of carbonyl (C=O) groups is 2. The lowest BCUT2D eigenvalue weighted by Gasteiger charge is -2.10. The number of benzene rings is 1. The zero-order valence-corrected chi connectivity index (χ0v) is 9.79. The number of anilines is 1. The van der Waals surface area contributed by atoms with Crippen molar-refractivity contribution in [2.75, 3.05) is 5.32 Å². The smallest absolute Gasteiger partial charge is 0.416 e. The number of carbonyl (C=O) groups excluding carboxylic acids is 2. The molecule has 1 rings (SSSR count). The molecule has 0 saturated heterocycles. The molecule has 0 aliphatic heterocycles. The number of hydrogen-bond acceptors (Lipinski definition) is 3. The molecule has 7 heteroatoms. The molecule has 19 heavy (non-hydrogen) atoms. The Kier molecular flexibility index (Phi) is 4.91. The van der Waals surface area contributed by atoms with Crippen LogP contribution in [-0.2, 0) is 15.8 Å². The average Bonchev–Trinajstić information content (AvgIpc) is 2.27. The molecule has 0 bridgehead atoms. The van der Waals surface area contributed by atoms with Gasteiger partial charge >= 0.3 is 6.18 Å². The number of amides is 1. The van der Waals surface area contributed by atoms with Crippen LogP contribution < -0.4 is 10.4 Å². The van der Waals surface area contributed by atoms with Crippen molar-refractivity contribution in [1.82, 2.24) is 0 Å². The highest BCUT2D eigenvalue weighted by Crippen LogP contribution is 2.30. The van der Waals surface area contributed by atoms with Crippen LogP contribution in [-0.4, -0.2) is 11.9 Å². The molecule has 0 aliphatic carbocycles. The minimum absolute atomic E-state index is 0.0216. The van der Waals surface area contributed by atoms with Crippen LogP contribution in [0.25, 0.3) is 0 Å². The summed E-state index contributed by atoms with van der Waals surface area (Å²) in [5, 5.41) is 12.4. The number of halogens is 3. The summed E-state index contributed by atoms with van der Waals surface area (Å²) in [6, 6.07) is 4.22. The zero-order valence-electron chi connectivity index (χ0n) is 9.79. The monoisotopic (exact) mass is 274 g/mol. The first-order chi connectivity index (χ1) is 8.79. The SMILES string of the molecule is O=C([O-])CCCC(=O)Nc1cccc(C(F)(F)F)c1. The van der Waals surface area contributed by atoms with Gasteiger partial charge in [0.15, 0.2) is 0 Å². The van der Waals surface area contributed by atoms with Crippen LogP contribution in [0, 0.1) is 0 Å². The maximum atomic E-state index is 12.4. The molecule has 104 valence electrons. The van der Waals surface area contributed by atoms with Gasteiger partial charge in [0.2, 0.25) is 5.91 Å². The maximum Gasteiger partial charge on any atom is 0.416 e. The number of carboxylic acids is 1. The Balaban J connectivity index is 2.57. The zero-order chi connectivity index (χ0) is 14.5. The molecule has 0 heterocycles. The van der Waals surface area contributed by atoms with E-state index < -0.39 is 23.6 Å². The second-order valence-electron chi connectivity index (χ2n) is 3.85. The van der Waals surface area contributed by atoms with E-state index in [1.165, 1.54) is 12.1 Å². The van der Waals surface area contributed by atoms with Crippen molar-refractivity contribution >= 4 is 17.6 Å². The minimum atomic E-state index is -4.48. The molecule has 4 nitrogen and oxygen atoms in total. The van der Waals surface area contributed by atoms with Gasteiger partial charge < -0.3 is 15.2 Å². The molecule has 0 radical (unpaired) electrons. The van der Waals surface area contributed by atoms with Gasteiger partial charge in [-0.2, -0.15) is 13.2 Å². The van der Waals surface area contributed by atoms with Gasteiger partial charge in [0.1, 0.15) is 0 Å². The quantitative estimate of drug-likeness (QED) is 0.886. The Morgan fingerprint density at radius 1 is 1.21 bits per heavy atom. The molecule has 0 aliphatic rings. The van der Waals surface area contributed by atoms with Crippen molar-refractivity contribution in [3.8, 4) is 0 Å². The first-order valence-corrected chi connectivity index (χ1v) is 5.46. The van der Waals surface area contributed by atoms with Crippen molar-refractivity contribution in [3.05, 3.63) is 29.8 Å². The van der Waals surface area contributed by atoms with E-state index in [-0.39, 0.29) is 24.9 Å². The topological polar surface area (TPSA) is 69.2 Å². The predicted octanol–water partition coefficient (Wildman–Crippen LogP) is 1.56. The van der Waals surface area contributed by atoms with Crippen LogP contribution in [0.15, 0.2) is 24.3 Å². The lowest BCUT2D eigenvalue weighted by Crippen LogP contribution is -2.22. The van der Waals surface area contributed by atoms with E-state index in [1.54, 1.807) is 0 Å². The Morgan fingerprint density at radius 3 is 2.47 bits per heavy atom. The standard InChI is InChI=1S/C12H12F3NO3/c13-12(14,15)8-3-1-4-9(7-8)16-10(17)5-2-6-11(18)19/h1,3-4,7H,2,5-6H2,(H,16,17)(H,18,19)/p-1. The Labute approximate surface area is 107 Å². The Morgan fingerprint density at radius 2 is 1.89 bits per heavy atom. The van der Waals surface area contributed by atoms with Gasteiger partial charge in [0.05, 0.1) is 5.56 Å². The molecule has 0 saturated carbocycles. The van der Waals surface area contributed by atoms with Gasteiger partial charge in [-0.1, -0.05) is 6.07 Å². The lowest BCUT2D eigenvalue weighted by atomic mass is 10.2. The second-order valence-corrected chi connectivity index (χ2v) is 3.85. The molecule has 0 spiro atoms. The number of nitrogens with one attached hydrogen (secondary N) is 1. The molecule has 0 atom stereocenters. The summed E-state index contributed by atoms with van der Waals surface area (Å²) < 4.78 is 37.2. The highest BCUT2D eigenvalue weighted by atomic mass is 19.4. The predicted molar refractivity (Wildman–Crippen MR) is 58.9 cm³/mol. The fourth-order valence-electron chi connectivity index (χ4n) is 1.39. The Bertz CT molecular complexity index is 472. The first-order valence-electron chi connectivity index (χ1n) is 5.46. The van der Waals surface area contributed by atoms with E-state index in [1.807, 2.05) is 0 Å². The Hall–Kier alpha value is -2.05. The van der Waals surface area contributed by atoms with Gasteiger partial charge in [-0.3, -0.25) is 4.79 Å². The van der Waals surface area contributed by atoms with Crippen LogP contribution in [0.5, 0.6) is 0 Å². The van der Waals surface area contributed by atoms with Crippen LogP contribution >= 0.6 is 0 Å². The number of alkyl halides is 3. The van der Waals surface area contributed by atoms with Gasteiger partial charge in [-0.25, -0.2) is 0 Å². The number of carboxylic acid groups (broad SMARTS) is 1. The third-order valence-electron chi connectivity index (χ3n) is 2.26. The highest BCUT2D eigenvalue weighted by molar-refractivity contribution is 5.90. The fourth-order valence-corrected chi connectivity index (χ4v) is 1.39. The van der Waals surface area contributed by atoms with Gasteiger partial charge in [-0.15, -0.1) is 0 Å². The molecule has 1 N–H and O–H groups in total. The van der Waals surface area contributed by atoms with Gasteiger partial charge in [-0.05, 0) is 31.0 Å².